The molecule has 2 saturated carbocycles. The van der Waals surface area contributed by atoms with Crippen LogP contribution in [0, 0.1) is 6.92 Å². The monoisotopic (exact) mass is 471 g/mol. The van der Waals surface area contributed by atoms with E-state index in [1.54, 1.807) is 4.90 Å². The van der Waals surface area contributed by atoms with Crippen molar-refractivity contribution in [2.24, 2.45) is 7.05 Å². The van der Waals surface area contributed by atoms with E-state index in [0.29, 0.717) is 17.9 Å². The lowest BCUT2D eigenvalue weighted by molar-refractivity contribution is -0.119. The van der Waals surface area contributed by atoms with Gasteiger partial charge in [-0.05, 0) is 63.8 Å². The Kier molecular flexibility index (Phi) is 5.27. The summed E-state index contributed by atoms with van der Waals surface area (Å²) in [5, 5.41) is 8.20. The lowest BCUT2D eigenvalue weighted by Gasteiger charge is -2.43. The summed E-state index contributed by atoms with van der Waals surface area (Å²) in [6, 6.07) is 8.40. The molecule has 1 aliphatic heterocycles. The Hall–Kier alpha value is -3.42. The molecule has 2 aliphatic carbocycles. The zero-order chi connectivity index (χ0) is 24.3. The molecule has 0 saturated heterocycles. The number of hydrogen-bond acceptors (Lipinski definition) is 6. The smallest absolute Gasteiger partial charge is 0.249 e. The number of amides is 1. The maximum absolute atomic E-state index is 13.0. The number of rotatable bonds is 5. The van der Waals surface area contributed by atoms with E-state index in [1.165, 1.54) is 25.7 Å². The third-order valence-electron chi connectivity index (χ3n) is 7.93. The second kappa shape index (κ2) is 8.36. The quantitative estimate of drug-likeness (QED) is 0.569. The van der Waals surface area contributed by atoms with E-state index in [2.05, 4.69) is 28.2 Å². The van der Waals surface area contributed by atoms with Crippen LogP contribution < -0.4 is 15.1 Å². The number of aromatic nitrogens is 4. The van der Waals surface area contributed by atoms with E-state index in [4.69, 9.17) is 10.1 Å². The van der Waals surface area contributed by atoms with Crippen molar-refractivity contribution in [3.05, 3.63) is 41.9 Å². The van der Waals surface area contributed by atoms with Gasteiger partial charge >= 0.3 is 0 Å². The Labute approximate surface area is 206 Å². The van der Waals surface area contributed by atoms with Gasteiger partial charge in [0.05, 0.1) is 22.8 Å². The summed E-state index contributed by atoms with van der Waals surface area (Å²) >= 11 is 0. The number of fused-ring (bicyclic) bond motifs is 1. The van der Waals surface area contributed by atoms with Crippen LogP contribution in [-0.2, 0) is 11.8 Å². The van der Waals surface area contributed by atoms with Gasteiger partial charge in [0.15, 0.2) is 0 Å². The number of carbonyl (C=O) groups is 1. The molecule has 6 rings (SSSR count). The van der Waals surface area contributed by atoms with Gasteiger partial charge in [0.2, 0.25) is 11.9 Å². The molecule has 1 N–H and O–H groups in total. The highest BCUT2D eigenvalue weighted by Crippen LogP contribution is 2.45. The van der Waals surface area contributed by atoms with E-state index in [0.717, 1.165) is 52.5 Å². The topological polar surface area (TPSA) is 79.2 Å². The van der Waals surface area contributed by atoms with E-state index < -0.39 is 0 Å². The third-order valence-corrected chi connectivity index (χ3v) is 7.93. The normalized spacial score (nSPS) is 20.5. The van der Waals surface area contributed by atoms with Crippen LogP contribution in [0.4, 0.5) is 23.0 Å². The Bertz CT molecular complexity index is 1290. The Morgan fingerprint density at radius 1 is 1.03 bits per heavy atom. The lowest BCUT2D eigenvalue weighted by atomic mass is 10.0. The van der Waals surface area contributed by atoms with E-state index in [9.17, 15) is 4.79 Å². The maximum Gasteiger partial charge on any atom is 0.249 e. The highest BCUT2D eigenvalue weighted by molar-refractivity contribution is 6.05. The van der Waals surface area contributed by atoms with Crippen LogP contribution in [0.3, 0.4) is 0 Å². The fourth-order valence-electron chi connectivity index (χ4n) is 5.79. The van der Waals surface area contributed by atoms with Gasteiger partial charge in [0.1, 0.15) is 6.04 Å². The summed E-state index contributed by atoms with van der Waals surface area (Å²) in [5.41, 5.74) is 7.29. The molecule has 35 heavy (non-hydrogen) atoms. The fraction of sp³-hybridized carbons (Fsp3) is 0.481. The summed E-state index contributed by atoms with van der Waals surface area (Å²) in [7, 11) is 3.87. The first-order valence-corrected chi connectivity index (χ1v) is 12.8. The van der Waals surface area contributed by atoms with E-state index >= 15 is 0 Å². The number of hydrogen-bond donors (Lipinski definition) is 1. The molecule has 2 fully saturated rings. The predicted octanol–water partition coefficient (Wildman–Crippen LogP) is 4.92. The molecule has 3 aromatic rings. The highest BCUT2D eigenvalue weighted by atomic mass is 16.2. The number of anilines is 4. The van der Waals surface area contributed by atoms with Crippen molar-refractivity contribution in [2.75, 3.05) is 22.2 Å². The van der Waals surface area contributed by atoms with Gasteiger partial charge < -0.3 is 15.1 Å². The second-order valence-electron chi connectivity index (χ2n) is 10.3. The molecular formula is C27H33N7O. The van der Waals surface area contributed by atoms with Crippen LogP contribution in [0.1, 0.15) is 62.8 Å². The van der Waals surface area contributed by atoms with Crippen molar-refractivity contribution < 1.29 is 4.79 Å². The van der Waals surface area contributed by atoms with Gasteiger partial charge in [-0.1, -0.05) is 12.8 Å². The van der Waals surface area contributed by atoms with Crippen LogP contribution in [0.2, 0.25) is 0 Å². The fourth-order valence-corrected chi connectivity index (χ4v) is 5.79. The van der Waals surface area contributed by atoms with Gasteiger partial charge in [-0.15, -0.1) is 0 Å². The molecule has 3 heterocycles. The van der Waals surface area contributed by atoms with E-state index in [-0.39, 0.29) is 11.9 Å². The van der Waals surface area contributed by atoms with Gasteiger partial charge in [-0.3, -0.25) is 9.48 Å². The summed E-state index contributed by atoms with van der Waals surface area (Å²) in [5.74, 6) is 1.26. The van der Waals surface area contributed by atoms with Crippen LogP contribution in [0.15, 0.2) is 30.5 Å². The van der Waals surface area contributed by atoms with Crippen molar-refractivity contribution in [3.8, 4) is 11.3 Å². The molecule has 2 aromatic heterocycles. The number of carbonyl (C=O) groups excluding carboxylic acids is 1. The first kappa shape index (κ1) is 22.1. The summed E-state index contributed by atoms with van der Waals surface area (Å²) in [6.45, 7) is 4.13. The molecule has 0 spiro atoms. The minimum absolute atomic E-state index is 0.152. The van der Waals surface area contributed by atoms with Crippen LogP contribution >= 0.6 is 0 Å². The average molecular weight is 472 g/mol. The molecule has 0 bridgehead atoms. The number of nitrogens with zero attached hydrogens (tertiary/aromatic N) is 6. The molecule has 0 unspecified atom stereocenters. The van der Waals surface area contributed by atoms with Crippen molar-refractivity contribution in [1.29, 1.82) is 0 Å². The molecule has 8 heteroatoms. The van der Waals surface area contributed by atoms with Gasteiger partial charge in [-0.2, -0.15) is 5.10 Å². The van der Waals surface area contributed by atoms with Gasteiger partial charge in [0.25, 0.3) is 0 Å². The number of benzene rings is 1. The van der Waals surface area contributed by atoms with Gasteiger partial charge in [-0.25, -0.2) is 9.97 Å². The van der Waals surface area contributed by atoms with Crippen LogP contribution in [0.25, 0.3) is 11.3 Å². The summed E-state index contributed by atoms with van der Waals surface area (Å²) < 4.78 is 1.96. The summed E-state index contributed by atoms with van der Waals surface area (Å²) in [4.78, 5) is 26.5. The first-order valence-electron chi connectivity index (χ1n) is 12.8. The van der Waals surface area contributed by atoms with Crippen molar-refractivity contribution >= 4 is 28.9 Å². The molecule has 1 aromatic carbocycles. The highest BCUT2D eigenvalue weighted by Gasteiger charge is 2.38. The molecule has 1 atom stereocenters. The number of likely N-dealkylation sites (N-methyl/N-ethyl adjacent to an activating group) is 1. The number of aryl methyl sites for hydroxylation is 1. The molecule has 1 amide bonds. The van der Waals surface area contributed by atoms with Crippen molar-refractivity contribution in [2.45, 2.75) is 70.4 Å². The Morgan fingerprint density at radius 3 is 2.54 bits per heavy atom. The Morgan fingerprint density at radius 2 is 1.80 bits per heavy atom. The molecule has 8 nitrogen and oxygen atoms in total. The zero-order valence-electron chi connectivity index (χ0n) is 21.0. The third kappa shape index (κ3) is 3.75. The summed E-state index contributed by atoms with van der Waals surface area (Å²) in [6.07, 6.45) is 8.93. The first-order chi connectivity index (χ1) is 16.9. The van der Waals surface area contributed by atoms with Crippen LogP contribution in [-0.4, -0.2) is 44.8 Å². The average Bonchev–Trinajstić information content (AvgIpc) is 3.48. The standard InChI is InChI=1S/C27H33N7O/c1-16-24(25(18-9-10-18)31-33(16)4)21-13-14-28-27(30-21)29-19-11-12-22-23(15-19)34(20-7-5-6-8-20)17(2)26(35)32(22)3/h11-15,17-18,20H,5-10H2,1-4H3,(H,28,29,30)/t17-/m1/s1. The predicted molar refractivity (Wildman–Crippen MR) is 138 cm³/mol. The van der Waals surface area contributed by atoms with Crippen molar-refractivity contribution in [3.63, 3.8) is 0 Å². The minimum atomic E-state index is -0.167. The molecule has 0 radical (unpaired) electrons. The minimum Gasteiger partial charge on any atom is -0.355 e. The van der Waals surface area contributed by atoms with Gasteiger partial charge in [0, 0.05) is 49.2 Å². The van der Waals surface area contributed by atoms with E-state index in [1.807, 2.05) is 50.1 Å². The SMILES string of the molecule is Cc1c(-c2ccnc(Nc3ccc4c(c3)N(C3CCCC3)[C@H](C)C(=O)N4C)n2)c(C2CC2)nn1C. The zero-order valence-corrected chi connectivity index (χ0v) is 21.0. The van der Waals surface area contributed by atoms with Crippen LogP contribution in [0.5, 0.6) is 0 Å². The molecule has 182 valence electrons. The maximum atomic E-state index is 13.0. The van der Waals surface area contributed by atoms with Crippen molar-refractivity contribution in [1.82, 2.24) is 19.7 Å². The largest absolute Gasteiger partial charge is 0.355 e. The Balaban J connectivity index is 1.34. The second-order valence-corrected chi connectivity index (χ2v) is 10.3. The number of nitrogens with one attached hydrogen (secondary N) is 1. The molecular weight excluding hydrogens is 438 g/mol. The lowest BCUT2D eigenvalue weighted by Crippen LogP contribution is -2.54. The molecule has 3 aliphatic rings.